The fourth-order valence-corrected chi connectivity index (χ4v) is 3.49. The average molecular weight is 393 g/mol. The van der Waals surface area contributed by atoms with Crippen molar-refractivity contribution < 1.29 is 20.8 Å². The number of allylic oxidation sites excluding steroid dienone is 2. The second kappa shape index (κ2) is 7.27. The molecule has 0 heterocycles. The van der Waals surface area contributed by atoms with E-state index in [0.717, 1.165) is 0 Å². The molecule has 0 saturated heterocycles. The second-order valence-corrected chi connectivity index (χ2v) is 9.03. The molecular formula is C18H15Cl2Zr-. The molecule has 21 heavy (non-hydrogen) atoms. The molecule has 2 aliphatic rings. The van der Waals surface area contributed by atoms with Gasteiger partial charge in [0.1, 0.15) is 0 Å². The Labute approximate surface area is 144 Å². The summed E-state index contributed by atoms with van der Waals surface area (Å²) in [5, 5.41) is 0. The third-order valence-corrected chi connectivity index (χ3v) is 4.26. The maximum Gasteiger partial charge on any atom is -0.00730 e. The first-order valence-corrected chi connectivity index (χ1v) is 13.4. The third-order valence-electron chi connectivity index (χ3n) is 4.26. The molecule has 0 saturated carbocycles. The Hall–Kier alpha value is -0.357. The van der Waals surface area contributed by atoms with Crippen LogP contribution >= 0.6 is 17.0 Å². The molecule has 2 aromatic carbocycles. The van der Waals surface area contributed by atoms with Gasteiger partial charge in [-0.2, -0.15) is 24.3 Å². The Kier molecular flexibility index (Phi) is 5.38. The van der Waals surface area contributed by atoms with Crippen molar-refractivity contribution in [1.29, 1.82) is 0 Å². The van der Waals surface area contributed by atoms with E-state index < -0.39 is 20.8 Å². The van der Waals surface area contributed by atoms with Crippen LogP contribution < -0.4 is 0 Å². The van der Waals surface area contributed by atoms with Gasteiger partial charge < -0.3 is 0 Å². The Morgan fingerprint density at radius 2 is 1.81 bits per heavy atom. The van der Waals surface area contributed by atoms with Gasteiger partial charge in [-0.25, -0.2) is 0 Å². The zero-order valence-electron chi connectivity index (χ0n) is 11.5. The fraction of sp³-hybridized carbons (Fsp3) is 0.222. The van der Waals surface area contributed by atoms with Crippen LogP contribution in [0, 0.1) is 12.0 Å². The Morgan fingerprint density at radius 1 is 1.05 bits per heavy atom. The van der Waals surface area contributed by atoms with Crippen molar-refractivity contribution in [2.75, 3.05) is 0 Å². The summed E-state index contributed by atoms with van der Waals surface area (Å²) in [5.41, 5.74) is 5.69. The van der Waals surface area contributed by atoms with Crippen molar-refractivity contribution in [3.63, 3.8) is 0 Å². The number of fused-ring (bicyclic) bond motifs is 3. The molecule has 2 atom stereocenters. The molecular weight excluding hydrogens is 378 g/mol. The number of hydrogen-bond acceptors (Lipinski definition) is 0. The molecule has 3 heteroatoms. The molecule has 2 aromatic rings. The van der Waals surface area contributed by atoms with Crippen molar-refractivity contribution in [2.45, 2.75) is 18.8 Å². The van der Waals surface area contributed by atoms with Crippen LogP contribution in [0.4, 0.5) is 0 Å². The molecule has 0 nitrogen and oxygen atoms in total. The first kappa shape index (κ1) is 15.5. The Bertz CT molecular complexity index is 606. The summed E-state index contributed by atoms with van der Waals surface area (Å²) in [4.78, 5) is 0. The summed E-state index contributed by atoms with van der Waals surface area (Å²) in [7, 11) is 9.87. The molecule has 2 aliphatic carbocycles. The van der Waals surface area contributed by atoms with Crippen LogP contribution in [0.5, 0.6) is 0 Å². The molecule has 0 aromatic heterocycles. The van der Waals surface area contributed by atoms with Crippen LogP contribution in [-0.4, -0.2) is 0 Å². The van der Waals surface area contributed by atoms with E-state index in [-0.39, 0.29) is 0 Å². The van der Waals surface area contributed by atoms with Gasteiger partial charge in [0.25, 0.3) is 0 Å². The van der Waals surface area contributed by atoms with Crippen molar-refractivity contribution in [3.8, 4) is 11.1 Å². The molecule has 0 radical (unpaired) electrons. The summed E-state index contributed by atoms with van der Waals surface area (Å²) < 4.78 is 0. The van der Waals surface area contributed by atoms with E-state index in [4.69, 9.17) is 17.0 Å². The standard InChI is InChI=1S/C18H15.2ClH.Zr/c1-2-8-13(7-1)18-16-11-5-3-9-14(16)15-10-4-6-12-17(15)18;;;/h1,3-7,9-11,13,18H,2,8H2;2*1H;/q-1;;;+2/p-2. The fourth-order valence-electron chi connectivity index (χ4n) is 3.49. The molecule has 2 unspecified atom stereocenters. The van der Waals surface area contributed by atoms with Crippen molar-refractivity contribution in [3.05, 3.63) is 71.8 Å². The molecule has 0 N–H and O–H groups in total. The smallest absolute Gasteiger partial charge is 0.00730 e. The minimum atomic E-state index is -0.826. The molecule has 4 rings (SSSR count). The Morgan fingerprint density at radius 3 is 2.57 bits per heavy atom. The summed E-state index contributed by atoms with van der Waals surface area (Å²) in [6.07, 6.45) is 7.23. The molecule has 106 valence electrons. The van der Waals surface area contributed by atoms with E-state index in [1.54, 1.807) is 0 Å². The van der Waals surface area contributed by atoms with E-state index in [1.165, 1.54) is 35.1 Å². The maximum atomic E-state index is 4.93. The monoisotopic (exact) mass is 391 g/mol. The van der Waals surface area contributed by atoms with Gasteiger partial charge in [-0.15, -0.1) is 11.1 Å². The van der Waals surface area contributed by atoms with Crippen molar-refractivity contribution in [1.82, 2.24) is 0 Å². The summed E-state index contributed by atoms with van der Waals surface area (Å²) in [5.74, 6) is 1.18. The summed E-state index contributed by atoms with van der Waals surface area (Å²) in [6, 6.07) is 18.7. The quantitative estimate of drug-likeness (QED) is 0.415. The van der Waals surface area contributed by atoms with E-state index in [2.05, 4.69) is 60.7 Å². The van der Waals surface area contributed by atoms with Gasteiger partial charge in [0, 0.05) is 0 Å². The largest absolute Gasteiger partial charge is 0.179 e. The van der Waals surface area contributed by atoms with E-state index >= 15 is 0 Å². The van der Waals surface area contributed by atoms with E-state index in [0.29, 0.717) is 11.8 Å². The zero-order chi connectivity index (χ0) is 14.7. The van der Waals surface area contributed by atoms with Gasteiger partial charge >= 0.3 is 37.9 Å². The van der Waals surface area contributed by atoms with Crippen molar-refractivity contribution in [2.24, 2.45) is 5.92 Å². The van der Waals surface area contributed by atoms with Crippen LogP contribution in [0.1, 0.15) is 29.9 Å². The van der Waals surface area contributed by atoms with Gasteiger partial charge in [-0.3, -0.25) is 0 Å². The van der Waals surface area contributed by atoms with Gasteiger partial charge in [0.15, 0.2) is 0 Å². The van der Waals surface area contributed by atoms with Crippen LogP contribution in [0.25, 0.3) is 11.1 Å². The second-order valence-electron chi connectivity index (χ2n) is 5.30. The predicted molar refractivity (Wildman–Crippen MR) is 86.1 cm³/mol. The molecule has 0 amide bonds. The number of rotatable bonds is 1. The maximum absolute atomic E-state index is 4.93. The third kappa shape index (κ3) is 3.07. The minimum absolute atomic E-state index is 0.524. The molecule has 0 bridgehead atoms. The first-order valence-electron chi connectivity index (χ1n) is 7.09. The summed E-state index contributed by atoms with van der Waals surface area (Å²) in [6.45, 7) is 0. The van der Waals surface area contributed by atoms with Crippen LogP contribution in [0.2, 0.25) is 0 Å². The summed E-state index contributed by atoms with van der Waals surface area (Å²) >= 11 is -0.826. The van der Waals surface area contributed by atoms with Crippen LogP contribution in [0.3, 0.4) is 0 Å². The van der Waals surface area contributed by atoms with Crippen molar-refractivity contribution >= 4 is 17.0 Å². The van der Waals surface area contributed by atoms with Gasteiger partial charge in [0.2, 0.25) is 0 Å². The molecule has 0 spiro atoms. The number of benzene rings is 2. The van der Waals surface area contributed by atoms with Gasteiger partial charge in [-0.05, 0) is 30.2 Å². The molecule has 0 fully saturated rings. The Balaban J connectivity index is 0.000000409. The predicted octanol–water partition coefficient (Wildman–Crippen LogP) is 5.94. The van der Waals surface area contributed by atoms with E-state index in [9.17, 15) is 0 Å². The number of hydrogen-bond donors (Lipinski definition) is 0. The number of halogens is 2. The topological polar surface area (TPSA) is 0 Å². The van der Waals surface area contributed by atoms with Gasteiger partial charge in [0.05, 0.1) is 0 Å². The SMILES string of the molecule is [Cl][Zr][Cl].[c-]1cccc2c1C(C1C=CCC1)c1ccccc1-2. The molecule has 0 aliphatic heterocycles. The van der Waals surface area contributed by atoms with Crippen LogP contribution in [-0.2, 0) is 20.8 Å². The van der Waals surface area contributed by atoms with Gasteiger partial charge in [-0.1, -0.05) is 42.0 Å². The average Bonchev–Trinajstić information content (AvgIpc) is 3.13. The first-order chi connectivity index (χ1) is 10.4. The normalized spacial score (nSPS) is 21.2. The zero-order valence-corrected chi connectivity index (χ0v) is 15.5. The minimum Gasteiger partial charge on any atom is -0.179 e. The van der Waals surface area contributed by atoms with Crippen LogP contribution in [0.15, 0.2) is 54.6 Å². The van der Waals surface area contributed by atoms with E-state index in [1.807, 2.05) is 0 Å².